The van der Waals surface area contributed by atoms with E-state index < -0.39 is 0 Å². The summed E-state index contributed by atoms with van der Waals surface area (Å²) in [5.74, 6) is 0.918. The molecule has 17 heavy (non-hydrogen) atoms. The molecule has 0 aromatic carbocycles. The highest BCUT2D eigenvalue weighted by molar-refractivity contribution is 7.10. The highest BCUT2D eigenvalue weighted by Crippen LogP contribution is 2.30. The molecule has 0 aliphatic heterocycles. The number of anilines is 1. The number of halogens is 1. The fourth-order valence-electron chi connectivity index (χ4n) is 1.45. The van der Waals surface area contributed by atoms with Gasteiger partial charge in [-0.2, -0.15) is 9.64 Å². The van der Waals surface area contributed by atoms with Crippen molar-refractivity contribution < 1.29 is 0 Å². The van der Waals surface area contributed by atoms with Gasteiger partial charge in [0.15, 0.2) is 5.15 Å². The van der Waals surface area contributed by atoms with E-state index in [9.17, 15) is 0 Å². The van der Waals surface area contributed by atoms with Crippen molar-refractivity contribution in [1.29, 1.82) is 5.26 Å². The van der Waals surface area contributed by atoms with E-state index in [4.69, 9.17) is 16.9 Å². The molecule has 2 aromatic rings. The Morgan fingerprint density at radius 2 is 2.41 bits per heavy atom. The maximum absolute atomic E-state index is 9.00. The second-order valence-corrected chi connectivity index (χ2v) is 4.69. The van der Waals surface area contributed by atoms with Crippen LogP contribution < -0.4 is 4.90 Å². The molecule has 2 rings (SSSR count). The molecule has 0 aliphatic rings. The van der Waals surface area contributed by atoms with Gasteiger partial charge in [0.1, 0.15) is 22.5 Å². The predicted octanol–water partition coefficient (Wildman–Crippen LogP) is 2.04. The van der Waals surface area contributed by atoms with Crippen molar-refractivity contribution in [2.75, 3.05) is 11.9 Å². The smallest absolute Gasteiger partial charge is 0.162 e. The summed E-state index contributed by atoms with van der Waals surface area (Å²) in [4.78, 5) is 6.15. The minimum Gasteiger partial charge on any atom is -0.357 e. The fraction of sp³-hybridized carbons (Fsp3) is 0.300. The van der Waals surface area contributed by atoms with Gasteiger partial charge in [0, 0.05) is 26.5 Å². The Bertz CT molecular complexity index is 568. The quantitative estimate of drug-likeness (QED) is 0.854. The van der Waals surface area contributed by atoms with Crippen LogP contribution in [0.25, 0.3) is 0 Å². The Kier molecular flexibility index (Phi) is 3.31. The molecular formula is C10H10ClN5S. The first-order valence-electron chi connectivity index (χ1n) is 4.86. The van der Waals surface area contributed by atoms with Crippen LogP contribution in [0, 0.1) is 11.3 Å². The Morgan fingerprint density at radius 1 is 1.65 bits per heavy atom. The van der Waals surface area contributed by atoms with Gasteiger partial charge in [-0.05, 0) is 11.5 Å². The zero-order chi connectivity index (χ0) is 12.4. The molecule has 88 valence electrons. The molecule has 5 nitrogen and oxygen atoms in total. The minimum atomic E-state index is 0.263. The number of aromatic nitrogens is 3. The van der Waals surface area contributed by atoms with E-state index in [1.807, 2.05) is 29.8 Å². The maximum atomic E-state index is 9.00. The second kappa shape index (κ2) is 4.73. The van der Waals surface area contributed by atoms with E-state index >= 15 is 0 Å². The Morgan fingerprint density at radius 3 is 3.00 bits per heavy atom. The number of nitriles is 1. The van der Waals surface area contributed by atoms with Crippen LogP contribution in [-0.4, -0.2) is 21.0 Å². The molecule has 0 unspecified atom stereocenters. The van der Waals surface area contributed by atoms with E-state index in [1.165, 1.54) is 11.5 Å². The highest BCUT2D eigenvalue weighted by atomic mass is 35.5. The van der Waals surface area contributed by atoms with Crippen molar-refractivity contribution in [1.82, 2.24) is 13.9 Å². The lowest BCUT2D eigenvalue weighted by molar-refractivity contribution is 0.764. The molecule has 0 atom stereocenters. The Labute approximate surface area is 108 Å². The predicted molar refractivity (Wildman–Crippen MR) is 67.2 cm³/mol. The van der Waals surface area contributed by atoms with Crippen LogP contribution in [0.2, 0.25) is 5.15 Å². The number of nitrogens with zero attached hydrogens (tertiary/aromatic N) is 5. The molecule has 0 amide bonds. The van der Waals surface area contributed by atoms with E-state index in [1.54, 1.807) is 6.20 Å². The molecule has 0 radical (unpaired) electrons. The lowest BCUT2D eigenvalue weighted by Crippen LogP contribution is -2.18. The Hall–Kier alpha value is -1.58. The van der Waals surface area contributed by atoms with Crippen LogP contribution in [0.15, 0.2) is 12.4 Å². The Balaban J connectivity index is 2.24. The molecule has 0 bridgehead atoms. The summed E-state index contributed by atoms with van der Waals surface area (Å²) in [5.41, 5.74) is 0.424. The fourth-order valence-corrected chi connectivity index (χ4v) is 2.44. The van der Waals surface area contributed by atoms with Gasteiger partial charge in [0.25, 0.3) is 0 Å². The minimum absolute atomic E-state index is 0.263. The summed E-state index contributed by atoms with van der Waals surface area (Å²) < 4.78 is 5.91. The summed E-state index contributed by atoms with van der Waals surface area (Å²) in [5, 5.41) is 10.0. The second-order valence-electron chi connectivity index (χ2n) is 3.58. The lowest BCUT2D eigenvalue weighted by Gasteiger charge is -2.16. The van der Waals surface area contributed by atoms with Crippen LogP contribution in [0.3, 0.4) is 0 Å². The van der Waals surface area contributed by atoms with Gasteiger partial charge in [0.2, 0.25) is 0 Å². The van der Waals surface area contributed by atoms with E-state index in [-0.39, 0.29) is 5.15 Å². The number of hydrogen-bond acceptors (Lipinski definition) is 5. The third-order valence-electron chi connectivity index (χ3n) is 2.39. The highest BCUT2D eigenvalue weighted by Gasteiger charge is 2.16. The summed E-state index contributed by atoms with van der Waals surface area (Å²) in [6.45, 7) is 0.608. The third-order valence-corrected chi connectivity index (χ3v) is 3.73. The zero-order valence-corrected chi connectivity index (χ0v) is 11.0. The van der Waals surface area contributed by atoms with Crippen LogP contribution in [-0.2, 0) is 13.6 Å². The monoisotopic (exact) mass is 267 g/mol. The third kappa shape index (κ3) is 2.25. The van der Waals surface area contributed by atoms with E-state index in [2.05, 4.69) is 15.4 Å². The molecule has 2 heterocycles. The normalized spacial score (nSPS) is 10.2. The van der Waals surface area contributed by atoms with Gasteiger partial charge in [-0.3, -0.25) is 0 Å². The van der Waals surface area contributed by atoms with Crippen LogP contribution >= 0.6 is 23.1 Å². The van der Waals surface area contributed by atoms with Crippen LogP contribution in [0.1, 0.15) is 11.4 Å². The first-order chi connectivity index (χ1) is 8.13. The van der Waals surface area contributed by atoms with Gasteiger partial charge in [-0.1, -0.05) is 11.6 Å². The molecule has 2 aromatic heterocycles. The number of hydrogen-bond donors (Lipinski definition) is 0. The van der Waals surface area contributed by atoms with Crippen molar-refractivity contribution in [2.45, 2.75) is 6.54 Å². The summed E-state index contributed by atoms with van der Waals surface area (Å²) in [7, 11) is 3.82. The molecule has 0 saturated carbocycles. The average Bonchev–Trinajstić information content (AvgIpc) is 2.86. The van der Waals surface area contributed by atoms with Crippen molar-refractivity contribution in [3.63, 3.8) is 0 Å². The molecule has 0 spiro atoms. The van der Waals surface area contributed by atoms with Gasteiger partial charge in [-0.25, -0.2) is 4.98 Å². The molecule has 7 heteroatoms. The SMILES string of the molecule is CN(Cc1nccn1C)c1snc(Cl)c1C#N. The van der Waals surface area contributed by atoms with E-state index in [0.717, 1.165) is 10.8 Å². The zero-order valence-electron chi connectivity index (χ0n) is 9.38. The van der Waals surface area contributed by atoms with Crippen LogP contribution in [0.4, 0.5) is 5.00 Å². The van der Waals surface area contributed by atoms with Crippen molar-refractivity contribution in [3.8, 4) is 6.07 Å². The standard InChI is InChI=1S/C10H10ClN5S/c1-15-4-3-13-8(15)6-16(2)10-7(5-12)9(11)14-17-10/h3-4H,6H2,1-2H3. The lowest BCUT2D eigenvalue weighted by atomic mass is 10.3. The molecule has 0 fully saturated rings. The van der Waals surface area contributed by atoms with Gasteiger partial charge < -0.3 is 9.47 Å². The first-order valence-corrected chi connectivity index (χ1v) is 6.01. The summed E-state index contributed by atoms with van der Waals surface area (Å²) in [6, 6.07) is 2.07. The summed E-state index contributed by atoms with van der Waals surface area (Å²) in [6.07, 6.45) is 3.63. The van der Waals surface area contributed by atoms with Crippen molar-refractivity contribution >= 4 is 28.1 Å². The van der Waals surface area contributed by atoms with Crippen molar-refractivity contribution in [2.24, 2.45) is 7.05 Å². The number of aryl methyl sites for hydroxylation is 1. The van der Waals surface area contributed by atoms with Crippen molar-refractivity contribution in [3.05, 3.63) is 28.9 Å². The average molecular weight is 268 g/mol. The molecule has 0 saturated heterocycles. The first kappa shape index (κ1) is 11.9. The van der Waals surface area contributed by atoms with Crippen LogP contribution in [0.5, 0.6) is 0 Å². The maximum Gasteiger partial charge on any atom is 0.162 e. The molecule has 0 N–H and O–H groups in total. The molecule has 0 aliphatic carbocycles. The number of imidazole rings is 1. The summed E-state index contributed by atoms with van der Waals surface area (Å²) >= 11 is 7.05. The van der Waals surface area contributed by atoms with Gasteiger partial charge >= 0.3 is 0 Å². The van der Waals surface area contributed by atoms with E-state index in [0.29, 0.717) is 12.1 Å². The number of rotatable bonds is 3. The topological polar surface area (TPSA) is 57.7 Å². The largest absolute Gasteiger partial charge is 0.357 e. The van der Waals surface area contributed by atoms with Gasteiger partial charge in [-0.15, -0.1) is 0 Å². The molecular weight excluding hydrogens is 258 g/mol. The van der Waals surface area contributed by atoms with Gasteiger partial charge in [0.05, 0.1) is 6.54 Å².